The molecule has 0 spiro atoms. The van der Waals surface area contributed by atoms with E-state index >= 15 is 0 Å². The zero-order chi connectivity index (χ0) is 14.1. The van der Waals surface area contributed by atoms with E-state index < -0.39 is 14.6 Å². The summed E-state index contributed by atoms with van der Waals surface area (Å²) in [5.74, 6) is 0.293. The van der Waals surface area contributed by atoms with Gasteiger partial charge in [0.1, 0.15) is 4.75 Å². The van der Waals surface area contributed by atoms with Crippen LogP contribution in [-0.4, -0.2) is 48.1 Å². The molecule has 1 fully saturated rings. The zero-order valence-electron chi connectivity index (χ0n) is 11.4. The summed E-state index contributed by atoms with van der Waals surface area (Å²) in [5.41, 5.74) is 0. The summed E-state index contributed by atoms with van der Waals surface area (Å²) >= 11 is 3.56. The van der Waals surface area contributed by atoms with Crippen molar-refractivity contribution in [1.29, 1.82) is 0 Å². The minimum atomic E-state index is -3.38. The summed E-state index contributed by atoms with van der Waals surface area (Å²) in [4.78, 5) is 14.4. The van der Waals surface area contributed by atoms with Gasteiger partial charge in [-0.1, -0.05) is 22.9 Å². The molecule has 1 aliphatic rings. The standard InChI is InChI=1S/C12H22BrNO3S/c1-9(13)10-5-7-14(8-6-10)11(15)12(2,3)18(4,16)17/h9-10H,5-8H2,1-4H3. The first-order chi connectivity index (χ1) is 8.07. The first kappa shape index (κ1) is 16.0. The molecule has 0 N–H and O–H groups in total. The summed E-state index contributed by atoms with van der Waals surface area (Å²) in [7, 11) is -3.38. The molecule has 1 unspecified atom stereocenters. The number of hydrogen-bond acceptors (Lipinski definition) is 3. The fourth-order valence-corrected chi connectivity index (χ4v) is 3.08. The first-order valence-electron chi connectivity index (χ1n) is 6.20. The molecule has 1 heterocycles. The third kappa shape index (κ3) is 3.26. The third-order valence-corrected chi connectivity index (χ3v) is 6.69. The Morgan fingerprint density at radius 1 is 1.33 bits per heavy atom. The molecule has 1 rings (SSSR count). The van der Waals surface area contributed by atoms with Crippen LogP contribution >= 0.6 is 15.9 Å². The van der Waals surface area contributed by atoms with E-state index in [9.17, 15) is 13.2 Å². The van der Waals surface area contributed by atoms with E-state index in [2.05, 4.69) is 22.9 Å². The fraction of sp³-hybridized carbons (Fsp3) is 0.917. The van der Waals surface area contributed by atoms with Gasteiger partial charge < -0.3 is 4.90 Å². The SMILES string of the molecule is CC(Br)C1CCN(C(=O)C(C)(C)S(C)(=O)=O)CC1. The van der Waals surface area contributed by atoms with E-state index in [1.54, 1.807) is 4.90 Å². The van der Waals surface area contributed by atoms with Gasteiger partial charge in [-0.05, 0) is 32.6 Å². The number of nitrogens with zero attached hydrogens (tertiary/aromatic N) is 1. The van der Waals surface area contributed by atoms with Gasteiger partial charge >= 0.3 is 0 Å². The Kier molecular flexibility index (Phi) is 4.87. The molecule has 106 valence electrons. The van der Waals surface area contributed by atoms with Crippen molar-refractivity contribution in [2.75, 3.05) is 19.3 Å². The monoisotopic (exact) mass is 339 g/mol. The van der Waals surface area contributed by atoms with Gasteiger partial charge in [0.25, 0.3) is 0 Å². The van der Waals surface area contributed by atoms with E-state index in [-0.39, 0.29) is 5.91 Å². The van der Waals surface area contributed by atoms with Crippen LogP contribution in [-0.2, 0) is 14.6 Å². The smallest absolute Gasteiger partial charge is 0.243 e. The highest BCUT2D eigenvalue weighted by Gasteiger charge is 2.42. The van der Waals surface area contributed by atoms with Gasteiger partial charge in [0.2, 0.25) is 5.91 Å². The molecule has 1 atom stereocenters. The molecule has 0 aliphatic carbocycles. The van der Waals surface area contributed by atoms with Crippen molar-refractivity contribution in [2.24, 2.45) is 5.92 Å². The second-order valence-corrected chi connectivity index (χ2v) is 9.60. The van der Waals surface area contributed by atoms with Crippen LogP contribution in [0.15, 0.2) is 0 Å². The minimum absolute atomic E-state index is 0.273. The van der Waals surface area contributed by atoms with E-state index in [4.69, 9.17) is 0 Å². The molecule has 0 aromatic rings. The Labute approximate surface area is 118 Å². The lowest BCUT2D eigenvalue weighted by Crippen LogP contribution is -2.52. The molecular formula is C12H22BrNO3S. The van der Waals surface area contributed by atoms with E-state index in [1.807, 2.05) is 0 Å². The number of piperidine rings is 1. The van der Waals surface area contributed by atoms with Crippen molar-refractivity contribution in [2.45, 2.75) is 43.2 Å². The largest absolute Gasteiger partial charge is 0.341 e. The van der Waals surface area contributed by atoms with Gasteiger partial charge in [-0.2, -0.15) is 0 Å². The molecule has 1 amide bonds. The fourth-order valence-electron chi connectivity index (χ4n) is 2.10. The van der Waals surface area contributed by atoms with Gasteiger partial charge in [-0.15, -0.1) is 0 Å². The van der Waals surface area contributed by atoms with Crippen LogP contribution in [0.2, 0.25) is 0 Å². The predicted octanol–water partition coefficient (Wildman–Crippen LogP) is 1.83. The lowest BCUT2D eigenvalue weighted by atomic mass is 9.93. The van der Waals surface area contributed by atoms with Crippen molar-refractivity contribution >= 4 is 31.7 Å². The molecule has 0 aromatic carbocycles. The molecule has 0 aromatic heterocycles. The maximum absolute atomic E-state index is 12.3. The van der Waals surface area contributed by atoms with Gasteiger partial charge in [0.05, 0.1) is 0 Å². The lowest BCUT2D eigenvalue weighted by molar-refractivity contribution is -0.134. The second-order valence-electron chi connectivity index (χ2n) is 5.59. The molecule has 4 nitrogen and oxygen atoms in total. The van der Waals surface area contributed by atoms with E-state index in [1.165, 1.54) is 13.8 Å². The van der Waals surface area contributed by atoms with Crippen LogP contribution in [0, 0.1) is 5.92 Å². The summed E-state index contributed by atoms with van der Waals surface area (Å²) < 4.78 is 22.0. The van der Waals surface area contributed by atoms with Gasteiger partial charge in [0.15, 0.2) is 9.84 Å². The highest BCUT2D eigenvalue weighted by molar-refractivity contribution is 9.09. The van der Waals surface area contributed by atoms with Crippen LogP contribution in [0.25, 0.3) is 0 Å². The Morgan fingerprint density at radius 3 is 2.11 bits per heavy atom. The molecule has 0 bridgehead atoms. The van der Waals surface area contributed by atoms with Gasteiger partial charge in [0, 0.05) is 24.2 Å². The molecule has 6 heteroatoms. The molecule has 1 saturated heterocycles. The summed E-state index contributed by atoms with van der Waals surface area (Å²) in [6.45, 7) is 6.40. The Balaban J connectivity index is 2.72. The lowest BCUT2D eigenvalue weighted by Gasteiger charge is -2.37. The minimum Gasteiger partial charge on any atom is -0.341 e. The maximum atomic E-state index is 12.3. The van der Waals surface area contributed by atoms with Crippen LogP contribution in [0.5, 0.6) is 0 Å². The summed E-state index contributed by atoms with van der Waals surface area (Å²) in [5, 5.41) is 0. The second kappa shape index (κ2) is 5.49. The number of alkyl halides is 1. The number of amides is 1. The Hall–Kier alpha value is -0.100. The topological polar surface area (TPSA) is 54.5 Å². The molecule has 0 radical (unpaired) electrons. The van der Waals surface area contributed by atoms with Crippen LogP contribution in [0.4, 0.5) is 0 Å². The van der Waals surface area contributed by atoms with Crippen molar-refractivity contribution < 1.29 is 13.2 Å². The quantitative estimate of drug-likeness (QED) is 0.737. The summed E-state index contributed by atoms with van der Waals surface area (Å²) in [6.07, 6.45) is 2.98. The third-order valence-electron chi connectivity index (χ3n) is 3.92. The average Bonchev–Trinajstić information content (AvgIpc) is 2.26. The van der Waals surface area contributed by atoms with Crippen molar-refractivity contribution in [1.82, 2.24) is 4.90 Å². The number of halogens is 1. The zero-order valence-corrected chi connectivity index (χ0v) is 13.8. The van der Waals surface area contributed by atoms with Gasteiger partial charge in [-0.25, -0.2) is 8.42 Å². The van der Waals surface area contributed by atoms with Crippen LogP contribution in [0.3, 0.4) is 0 Å². The van der Waals surface area contributed by atoms with Crippen molar-refractivity contribution in [3.05, 3.63) is 0 Å². The number of likely N-dealkylation sites (tertiary alicyclic amines) is 1. The molecule has 0 saturated carbocycles. The average molecular weight is 340 g/mol. The van der Waals surface area contributed by atoms with Crippen LogP contribution < -0.4 is 0 Å². The number of sulfone groups is 1. The highest BCUT2D eigenvalue weighted by Crippen LogP contribution is 2.27. The Bertz CT molecular complexity index is 409. The van der Waals surface area contributed by atoms with E-state index in [0.717, 1.165) is 19.1 Å². The molecular weight excluding hydrogens is 318 g/mol. The summed E-state index contributed by atoms with van der Waals surface area (Å²) in [6, 6.07) is 0. The number of carbonyl (C=O) groups is 1. The van der Waals surface area contributed by atoms with Gasteiger partial charge in [-0.3, -0.25) is 4.79 Å². The predicted molar refractivity (Wildman–Crippen MR) is 76.6 cm³/mol. The normalized spacial score (nSPS) is 20.8. The van der Waals surface area contributed by atoms with Crippen molar-refractivity contribution in [3.63, 3.8) is 0 Å². The molecule has 18 heavy (non-hydrogen) atoms. The Morgan fingerprint density at radius 2 is 1.78 bits per heavy atom. The number of rotatable bonds is 3. The highest BCUT2D eigenvalue weighted by atomic mass is 79.9. The molecule has 1 aliphatic heterocycles. The van der Waals surface area contributed by atoms with E-state index in [0.29, 0.717) is 23.8 Å². The number of carbonyl (C=O) groups excluding carboxylic acids is 1. The maximum Gasteiger partial charge on any atom is 0.243 e. The van der Waals surface area contributed by atoms with Crippen LogP contribution in [0.1, 0.15) is 33.6 Å². The number of hydrogen-bond donors (Lipinski definition) is 0. The first-order valence-corrected chi connectivity index (χ1v) is 9.01. The van der Waals surface area contributed by atoms with Crippen molar-refractivity contribution in [3.8, 4) is 0 Å².